The Bertz CT molecular complexity index is 2380. The highest BCUT2D eigenvalue weighted by Crippen LogP contribution is 2.37. The summed E-state index contributed by atoms with van der Waals surface area (Å²) in [5.41, 5.74) is -0.555. The first-order valence-electron chi connectivity index (χ1n) is 16.0. The molecule has 0 saturated carbocycles. The number of aromatic carboxylic acids is 2. The molecule has 1 aromatic heterocycles. The number of para-hydroxylation sites is 1. The molecule has 1 aliphatic rings. The van der Waals surface area contributed by atoms with E-state index in [-0.39, 0.29) is 17.9 Å². The first kappa shape index (κ1) is 36.4. The zero-order valence-corrected chi connectivity index (χ0v) is 29.1. The Labute approximate surface area is 306 Å². The molecule has 0 aliphatic heterocycles. The summed E-state index contributed by atoms with van der Waals surface area (Å²) in [6, 6.07) is 26.1. The van der Waals surface area contributed by atoms with Crippen molar-refractivity contribution in [1.82, 2.24) is 9.62 Å². The normalized spacial score (nSPS) is 13.7. The summed E-state index contributed by atoms with van der Waals surface area (Å²) in [6.07, 6.45) is 1.94. The van der Waals surface area contributed by atoms with Gasteiger partial charge in [0.05, 0.1) is 33.2 Å². The fourth-order valence-electron chi connectivity index (χ4n) is 6.16. The first-order valence-corrected chi connectivity index (χ1v) is 18.3. The predicted octanol–water partition coefficient (Wildman–Crippen LogP) is 6.68. The van der Waals surface area contributed by atoms with Crippen molar-refractivity contribution in [2.75, 3.05) is 0 Å². The van der Waals surface area contributed by atoms with Crippen LogP contribution in [0.2, 0.25) is 0 Å². The number of thiophene rings is 1. The molecule has 0 unspecified atom stereocenters. The van der Waals surface area contributed by atoms with Crippen molar-refractivity contribution in [3.8, 4) is 11.5 Å². The number of carbonyl (C=O) groups is 4. The van der Waals surface area contributed by atoms with E-state index < -0.39 is 76.2 Å². The van der Waals surface area contributed by atoms with Gasteiger partial charge in [0, 0.05) is 12.6 Å². The molecule has 1 aliphatic carbocycles. The Morgan fingerprint density at radius 3 is 2.19 bits per heavy atom. The minimum atomic E-state index is -4.76. The molecular formula is C37H29N3O11S2. The van der Waals surface area contributed by atoms with E-state index in [0.717, 1.165) is 35.7 Å². The average molecular weight is 756 g/mol. The van der Waals surface area contributed by atoms with Crippen LogP contribution in [-0.2, 0) is 23.0 Å². The number of benzene rings is 4. The van der Waals surface area contributed by atoms with E-state index in [1.54, 1.807) is 41.1 Å². The Kier molecular flexibility index (Phi) is 10.4. The third-order valence-corrected chi connectivity index (χ3v) is 11.4. The summed E-state index contributed by atoms with van der Waals surface area (Å²) in [5.74, 6) is -4.74. The van der Waals surface area contributed by atoms with Crippen molar-refractivity contribution < 1.29 is 47.5 Å². The van der Waals surface area contributed by atoms with Crippen LogP contribution < -0.4 is 9.46 Å². The first-order chi connectivity index (χ1) is 25.3. The van der Waals surface area contributed by atoms with Crippen molar-refractivity contribution in [1.29, 1.82) is 0 Å². The van der Waals surface area contributed by atoms with Crippen molar-refractivity contribution in [3.63, 3.8) is 0 Å². The number of hydrogen-bond acceptors (Lipinski definition) is 10. The molecule has 0 saturated heterocycles. The minimum absolute atomic E-state index is 0.0589. The molecule has 1 atom stereocenters. The van der Waals surface area contributed by atoms with Crippen LogP contribution >= 0.6 is 11.3 Å². The van der Waals surface area contributed by atoms with Crippen LogP contribution in [0, 0.1) is 10.1 Å². The molecule has 2 amide bonds. The van der Waals surface area contributed by atoms with E-state index in [9.17, 15) is 47.9 Å². The molecule has 0 spiro atoms. The van der Waals surface area contributed by atoms with Crippen molar-refractivity contribution >= 4 is 50.1 Å². The lowest BCUT2D eigenvalue weighted by Gasteiger charge is -2.36. The van der Waals surface area contributed by atoms with Gasteiger partial charge in [0.1, 0.15) is 15.7 Å². The molecule has 0 bridgehead atoms. The van der Waals surface area contributed by atoms with Gasteiger partial charge in [-0.25, -0.2) is 22.7 Å². The van der Waals surface area contributed by atoms with E-state index >= 15 is 0 Å². The summed E-state index contributed by atoms with van der Waals surface area (Å²) < 4.78 is 33.2. The van der Waals surface area contributed by atoms with Crippen LogP contribution in [0.15, 0.2) is 107 Å². The SMILES string of the molecule is O=C(O)c1cc(C(=O)O)c(C(=O)N(Cc2cccc(Oc3ccccc3)c2)[C@H]2CCCc3ccccc32)cc1C(=O)NS(=O)(=O)c1ccc([N+](=O)[O-])s1. The number of carboxylic acid groups (broad SMARTS) is 2. The molecule has 270 valence electrons. The number of sulfonamides is 1. The van der Waals surface area contributed by atoms with Gasteiger partial charge in [-0.1, -0.05) is 54.6 Å². The van der Waals surface area contributed by atoms with Crippen LogP contribution in [0.5, 0.6) is 11.5 Å². The molecule has 14 nitrogen and oxygen atoms in total. The number of carboxylic acids is 2. The third kappa shape index (κ3) is 7.93. The highest BCUT2D eigenvalue weighted by atomic mass is 32.2. The molecule has 1 heterocycles. The van der Waals surface area contributed by atoms with Crippen LogP contribution in [-0.4, -0.2) is 52.2 Å². The fraction of sp³-hybridized carbons (Fsp3) is 0.135. The topological polar surface area (TPSA) is 211 Å². The fourth-order valence-corrected chi connectivity index (χ4v) is 8.23. The van der Waals surface area contributed by atoms with Crippen molar-refractivity contribution in [3.05, 3.63) is 152 Å². The number of nitrogens with zero attached hydrogens (tertiary/aromatic N) is 2. The maximum Gasteiger partial charge on any atom is 0.336 e. The zero-order valence-electron chi connectivity index (χ0n) is 27.5. The molecule has 0 fully saturated rings. The quantitative estimate of drug-likeness (QED) is 0.0903. The van der Waals surface area contributed by atoms with Crippen LogP contribution in [0.1, 0.15) is 77.0 Å². The Morgan fingerprint density at radius 2 is 1.49 bits per heavy atom. The van der Waals surface area contributed by atoms with Crippen LogP contribution in [0.25, 0.3) is 0 Å². The van der Waals surface area contributed by atoms with Gasteiger partial charge in [-0.15, -0.1) is 0 Å². The van der Waals surface area contributed by atoms with E-state index in [2.05, 4.69) is 0 Å². The maximum atomic E-state index is 14.8. The number of ether oxygens (including phenoxy) is 1. The van der Waals surface area contributed by atoms with Gasteiger partial charge in [0.2, 0.25) is 0 Å². The summed E-state index contributed by atoms with van der Waals surface area (Å²) in [7, 11) is -4.76. The summed E-state index contributed by atoms with van der Waals surface area (Å²) >= 11 is 0.261. The molecule has 3 N–H and O–H groups in total. The van der Waals surface area contributed by atoms with Gasteiger partial charge in [-0.05, 0) is 89.8 Å². The number of hydrogen-bond donors (Lipinski definition) is 3. The number of fused-ring (bicyclic) bond motifs is 1. The third-order valence-electron chi connectivity index (χ3n) is 8.54. The van der Waals surface area contributed by atoms with Gasteiger partial charge >= 0.3 is 16.9 Å². The minimum Gasteiger partial charge on any atom is -0.478 e. The van der Waals surface area contributed by atoms with Gasteiger partial charge in [-0.2, -0.15) is 0 Å². The number of rotatable bonds is 12. The van der Waals surface area contributed by atoms with E-state index in [1.165, 1.54) is 4.90 Å². The summed E-state index contributed by atoms with van der Waals surface area (Å²) in [6.45, 7) is -0.0589. The number of nitro groups is 1. The van der Waals surface area contributed by atoms with Gasteiger partial charge in [0.25, 0.3) is 21.8 Å². The van der Waals surface area contributed by atoms with Crippen LogP contribution in [0.3, 0.4) is 0 Å². The molecule has 6 rings (SSSR count). The molecule has 53 heavy (non-hydrogen) atoms. The van der Waals surface area contributed by atoms with Gasteiger partial charge in [0.15, 0.2) is 0 Å². The Balaban J connectivity index is 1.43. The number of aryl methyl sites for hydroxylation is 1. The Hall–Kier alpha value is -6.39. The molecule has 16 heteroatoms. The van der Waals surface area contributed by atoms with Gasteiger partial charge < -0.3 is 19.8 Å². The second-order valence-corrected chi connectivity index (χ2v) is 14.9. The molecule has 4 aromatic carbocycles. The summed E-state index contributed by atoms with van der Waals surface area (Å²) in [4.78, 5) is 64.9. The average Bonchev–Trinajstić information content (AvgIpc) is 3.66. The van der Waals surface area contributed by atoms with Gasteiger partial charge in [-0.3, -0.25) is 19.7 Å². The number of carbonyl (C=O) groups excluding carboxylic acids is 2. The monoisotopic (exact) mass is 755 g/mol. The standard InChI is InChI=1S/C37H29N3O11S2/c41-34(38-53(49,50)33-17-16-32(52-33)40(47)48)27-19-28(30(37(45)46)20-29(27)36(43)44)35(42)39(31-15-7-10-23-9-4-5-14-26(23)31)21-22-8-6-13-25(18-22)51-24-11-2-1-3-12-24/h1-6,8-9,11-14,16-20,31H,7,10,15,21H2,(H,38,41)(H,43,44)(H,45,46)/t31-/m0/s1. The molecule has 5 aromatic rings. The Morgan fingerprint density at radius 1 is 0.830 bits per heavy atom. The largest absolute Gasteiger partial charge is 0.478 e. The summed E-state index contributed by atoms with van der Waals surface area (Å²) in [5, 5.41) is 30.8. The lowest BCUT2D eigenvalue weighted by atomic mass is 9.86. The lowest BCUT2D eigenvalue weighted by molar-refractivity contribution is -0.380. The van der Waals surface area contributed by atoms with Crippen LogP contribution in [0.4, 0.5) is 5.00 Å². The number of amides is 2. The van der Waals surface area contributed by atoms with E-state index in [1.807, 2.05) is 42.5 Å². The smallest absolute Gasteiger partial charge is 0.336 e. The van der Waals surface area contributed by atoms with E-state index in [4.69, 9.17) is 4.74 Å². The number of nitrogens with one attached hydrogen (secondary N) is 1. The zero-order chi connectivity index (χ0) is 37.9. The molecule has 0 radical (unpaired) electrons. The molecular weight excluding hydrogens is 727 g/mol. The van der Waals surface area contributed by atoms with Crippen molar-refractivity contribution in [2.24, 2.45) is 0 Å². The van der Waals surface area contributed by atoms with E-state index in [0.29, 0.717) is 36.0 Å². The highest BCUT2D eigenvalue weighted by Gasteiger charge is 2.35. The second kappa shape index (κ2) is 15.1. The van der Waals surface area contributed by atoms with Crippen molar-refractivity contribution in [2.45, 2.75) is 36.1 Å². The lowest BCUT2D eigenvalue weighted by Crippen LogP contribution is -2.37. The predicted molar refractivity (Wildman–Crippen MR) is 191 cm³/mol. The second-order valence-electron chi connectivity index (χ2n) is 11.9. The highest BCUT2D eigenvalue weighted by molar-refractivity contribution is 7.92. The maximum absolute atomic E-state index is 14.8.